The topological polar surface area (TPSA) is 84.9 Å². The van der Waals surface area contributed by atoms with Crippen molar-refractivity contribution in [2.24, 2.45) is 0 Å². The first kappa shape index (κ1) is 14.9. The van der Waals surface area contributed by atoms with E-state index in [0.29, 0.717) is 4.57 Å². The quantitative estimate of drug-likeness (QED) is 0.795. The summed E-state index contributed by atoms with van der Waals surface area (Å²) >= 11 is 0. The van der Waals surface area contributed by atoms with Gasteiger partial charge in [0.2, 0.25) is 0 Å². The largest absolute Gasteiger partial charge is 0.331 e. The van der Waals surface area contributed by atoms with Gasteiger partial charge in [-0.15, -0.1) is 0 Å². The second kappa shape index (κ2) is 5.65. The third-order valence-corrected chi connectivity index (χ3v) is 3.73. The van der Waals surface area contributed by atoms with Crippen molar-refractivity contribution in [3.63, 3.8) is 0 Å². The summed E-state index contributed by atoms with van der Waals surface area (Å²) in [6, 6.07) is 7.03. The first-order valence-electron chi connectivity index (χ1n) is 7.06. The van der Waals surface area contributed by atoms with Crippen molar-refractivity contribution < 1.29 is 9.18 Å². The molecule has 6 nitrogen and oxygen atoms in total. The standard InChI is InChI=1S/C16H12FN3O3/c17-13-4-2-1-3-12(13)14(21)9-20-15(22)10(7-18)8-19(16(20)23)11-5-6-11/h1-4,8,11H,5-6,9H2. The van der Waals surface area contributed by atoms with Gasteiger partial charge in [0.25, 0.3) is 5.56 Å². The molecule has 0 saturated heterocycles. The Morgan fingerprint density at radius 3 is 2.61 bits per heavy atom. The number of rotatable bonds is 4. The minimum atomic E-state index is -0.834. The monoisotopic (exact) mass is 313 g/mol. The van der Waals surface area contributed by atoms with E-state index < -0.39 is 29.4 Å². The van der Waals surface area contributed by atoms with Gasteiger partial charge in [-0.2, -0.15) is 5.26 Å². The molecule has 3 rings (SSSR count). The summed E-state index contributed by atoms with van der Waals surface area (Å²) in [6.07, 6.45) is 2.79. The van der Waals surface area contributed by atoms with E-state index in [0.717, 1.165) is 18.9 Å². The van der Waals surface area contributed by atoms with Gasteiger partial charge in [-0.1, -0.05) is 12.1 Å². The number of aromatic nitrogens is 2. The molecule has 2 aromatic rings. The molecule has 1 saturated carbocycles. The van der Waals surface area contributed by atoms with Crippen molar-refractivity contribution in [1.82, 2.24) is 9.13 Å². The lowest BCUT2D eigenvalue weighted by Crippen LogP contribution is -2.42. The molecular formula is C16H12FN3O3. The van der Waals surface area contributed by atoms with Gasteiger partial charge >= 0.3 is 5.69 Å². The van der Waals surface area contributed by atoms with Crippen LogP contribution in [0.4, 0.5) is 4.39 Å². The number of carbonyl (C=O) groups excluding carboxylic acids is 1. The average Bonchev–Trinajstić information content (AvgIpc) is 3.36. The van der Waals surface area contributed by atoms with Crippen molar-refractivity contribution in [2.45, 2.75) is 25.4 Å². The molecule has 0 atom stereocenters. The predicted molar refractivity (Wildman–Crippen MR) is 78.7 cm³/mol. The second-order valence-corrected chi connectivity index (χ2v) is 5.37. The minimum Gasteiger partial charge on any atom is -0.296 e. The summed E-state index contributed by atoms with van der Waals surface area (Å²) in [7, 11) is 0. The number of nitriles is 1. The van der Waals surface area contributed by atoms with Crippen LogP contribution in [0.1, 0.15) is 34.8 Å². The van der Waals surface area contributed by atoms with Gasteiger partial charge in [-0.3, -0.25) is 18.7 Å². The SMILES string of the molecule is N#Cc1cn(C2CC2)c(=O)n(CC(=O)c2ccccc2F)c1=O. The smallest absolute Gasteiger partial charge is 0.296 e. The first-order valence-corrected chi connectivity index (χ1v) is 7.06. The van der Waals surface area contributed by atoms with Crippen molar-refractivity contribution in [3.05, 3.63) is 68.2 Å². The Balaban J connectivity index is 2.06. The maximum atomic E-state index is 13.7. The number of halogens is 1. The van der Waals surface area contributed by atoms with E-state index in [1.165, 1.54) is 29.0 Å². The van der Waals surface area contributed by atoms with Crippen LogP contribution < -0.4 is 11.2 Å². The number of ketones is 1. The fourth-order valence-corrected chi connectivity index (χ4v) is 2.37. The highest BCUT2D eigenvalue weighted by Gasteiger charge is 2.27. The highest BCUT2D eigenvalue weighted by molar-refractivity contribution is 5.96. The lowest BCUT2D eigenvalue weighted by molar-refractivity contribution is 0.0964. The van der Waals surface area contributed by atoms with E-state index in [9.17, 15) is 18.8 Å². The molecular weight excluding hydrogens is 301 g/mol. The molecule has 0 amide bonds. The molecule has 0 aliphatic heterocycles. The van der Waals surface area contributed by atoms with Crippen LogP contribution in [0.5, 0.6) is 0 Å². The van der Waals surface area contributed by atoms with Gasteiger partial charge in [-0.05, 0) is 25.0 Å². The fourth-order valence-electron chi connectivity index (χ4n) is 2.37. The molecule has 0 radical (unpaired) electrons. The van der Waals surface area contributed by atoms with E-state index >= 15 is 0 Å². The lowest BCUT2D eigenvalue weighted by atomic mass is 10.1. The predicted octanol–water partition coefficient (Wildman–Crippen LogP) is 1.24. The first-order chi connectivity index (χ1) is 11.0. The van der Waals surface area contributed by atoms with E-state index in [-0.39, 0.29) is 17.2 Å². The van der Waals surface area contributed by atoms with Crippen molar-refractivity contribution in [1.29, 1.82) is 5.26 Å². The molecule has 1 fully saturated rings. The molecule has 0 spiro atoms. The number of carbonyl (C=O) groups is 1. The number of hydrogen-bond acceptors (Lipinski definition) is 4. The molecule has 7 heteroatoms. The number of hydrogen-bond donors (Lipinski definition) is 0. The Morgan fingerprint density at radius 2 is 2.00 bits per heavy atom. The molecule has 1 aromatic heterocycles. The summed E-state index contributed by atoms with van der Waals surface area (Å²) in [5.41, 5.74) is -1.89. The Kier molecular flexibility index (Phi) is 3.66. The fraction of sp³-hybridized carbons (Fsp3) is 0.250. The van der Waals surface area contributed by atoms with E-state index in [1.54, 1.807) is 6.07 Å². The van der Waals surface area contributed by atoms with Gasteiger partial charge in [0, 0.05) is 12.2 Å². The molecule has 1 aliphatic rings. The van der Waals surface area contributed by atoms with Crippen LogP contribution in [-0.2, 0) is 6.54 Å². The van der Waals surface area contributed by atoms with Gasteiger partial charge in [-0.25, -0.2) is 9.18 Å². The number of benzene rings is 1. The summed E-state index contributed by atoms with van der Waals surface area (Å²) in [6.45, 7) is -0.596. The van der Waals surface area contributed by atoms with Crippen LogP contribution in [0.25, 0.3) is 0 Å². The molecule has 0 unspecified atom stereocenters. The van der Waals surface area contributed by atoms with Crippen LogP contribution in [0, 0.1) is 17.1 Å². The van der Waals surface area contributed by atoms with Crippen molar-refractivity contribution in [3.8, 4) is 6.07 Å². The Hall–Kier alpha value is -3.01. The average molecular weight is 313 g/mol. The Bertz CT molecular complexity index is 948. The van der Waals surface area contributed by atoms with Gasteiger partial charge in [0.15, 0.2) is 5.78 Å². The number of Topliss-reactive ketones (excluding diaryl/α,β-unsaturated/α-hetero) is 1. The van der Waals surface area contributed by atoms with E-state index in [4.69, 9.17) is 5.26 Å². The van der Waals surface area contributed by atoms with Crippen LogP contribution >= 0.6 is 0 Å². The highest BCUT2D eigenvalue weighted by Crippen LogP contribution is 2.33. The molecule has 1 heterocycles. The third-order valence-electron chi connectivity index (χ3n) is 3.73. The lowest BCUT2D eigenvalue weighted by Gasteiger charge is -2.10. The Labute approximate surface area is 130 Å². The van der Waals surface area contributed by atoms with Crippen LogP contribution in [-0.4, -0.2) is 14.9 Å². The zero-order valence-electron chi connectivity index (χ0n) is 12.0. The maximum Gasteiger partial charge on any atom is 0.331 e. The van der Waals surface area contributed by atoms with E-state index in [1.807, 2.05) is 0 Å². The van der Waals surface area contributed by atoms with Crippen molar-refractivity contribution >= 4 is 5.78 Å². The Morgan fingerprint density at radius 1 is 1.30 bits per heavy atom. The molecule has 1 aromatic carbocycles. The molecule has 1 aliphatic carbocycles. The summed E-state index contributed by atoms with van der Waals surface area (Å²) in [4.78, 5) is 36.7. The zero-order chi connectivity index (χ0) is 16.6. The van der Waals surface area contributed by atoms with Crippen molar-refractivity contribution in [2.75, 3.05) is 0 Å². The normalized spacial score (nSPS) is 13.6. The zero-order valence-corrected chi connectivity index (χ0v) is 12.0. The van der Waals surface area contributed by atoms with Crippen LogP contribution in [0.3, 0.4) is 0 Å². The van der Waals surface area contributed by atoms with Crippen LogP contribution in [0.15, 0.2) is 40.1 Å². The molecule has 0 N–H and O–H groups in total. The highest BCUT2D eigenvalue weighted by atomic mass is 19.1. The van der Waals surface area contributed by atoms with Crippen LogP contribution in [0.2, 0.25) is 0 Å². The molecule has 0 bridgehead atoms. The van der Waals surface area contributed by atoms with Gasteiger partial charge in [0.05, 0.1) is 12.1 Å². The third kappa shape index (κ3) is 2.71. The molecule has 116 valence electrons. The van der Waals surface area contributed by atoms with Gasteiger partial charge in [0.1, 0.15) is 17.4 Å². The molecule has 23 heavy (non-hydrogen) atoms. The number of nitrogens with zero attached hydrogens (tertiary/aromatic N) is 3. The summed E-state index contributed by atoms with van der Waals surface area (Å²) in [5, 5.41) is 9.03. The van der Waals surface area contributed by atoms with E-state index in [2.05, 4.69) is 0 Å². The van der Waals surface area contributed by atoms with Gasteiger partial charge < -0.3 is 0 Å². The maximum absolute atomic E-state index is 13.7. The second-order valence-electron chi connectivity index (χ2n) is 5.37. The summed E-state index contributed by atoms with van der Waals surface area (Å²) in [5.74, 6) is -1.41. The summed E-state index contributed by atoms with van der Waals surface area (Å²) < 4.78 is 15.7. The minimum absolute atomic E-state index is 0.0509.